The minimum absolute atomic E-state index is 0. The van der Waals surface area contributed by atoms with Gasteiger partial charge in [0.25, 0.3) is 0 Å². The first-order valence-electron chi connectivity index (χ1n) is 4.85. The van der Waals surface area contributed by atoms with Crippen molar-refractivity contribution in [1.29, 1.82) is 0 Å². The van der Waals surface area contributed by atoms with Gasteiger partial charge in [0.2, 0.25) is 0 Å². The fourth-order valence-electron chi connectivity index (χ4n) is 1.68. The third-order valence-electron chi connectivity index (χ3n) is 2.62. The van der Waals surface area contributed by atoms with E-state index in [0.29, 0.717) is 11.1 Å². The molecule has 0 heterocycles. The standard InChI is InChI=1S/C11H12F5N.ClH/c1-6-4-3-5-7(2)8(6)9(17)10(12,13)11(14,15)16;/h3-5,9H,17H2,1-2H3;1H/t9-;/m1./s1. The summed E-state index contributed by atoms with van der Waals surface area (Å²) in [4.78, 5) is 0. The quantitative estimate of drug-likeness (QED) is 0.821. The van der Waals surface area contributed by atoms with Gasteiger partial charge in [-0.1, -0.05) is 18.2 Å². The van der Waals surface area contributed by atoms with Gasteiger partial charge in [-0.3, -0.25) is 0 Å². The van der Waals surface area contributed by atoms with Crippen LogP contribution in [0.3, 0.4) is 0 Å². The van der Waals surface area contributed by atoms with Gasteiger partial charge in [0, 0.05) is 0 Å². The first kappa shape index (κ1) is 17.1. The monoisotopic (exact) mass is 289 g/mol. The Morgan fingerprint density at radius 2 is 1.39 bits per heavy atom. The van der Waals surface area contributed by atoms with Gasteiger partial charge in [-0.05, 0) is 30.5 Å². The van der Waals surface area contributed by atoms with Crippen molar-refractivity contribution < 1.29 is 22.0 Å². The number of nitrogens with two attached hydrogens (primary N) is 1. The number of hydrogen-bond acceptors (Lipinski definition) is 1. The summed E-state index contributed by atoms with van der Waals surface area (Å²) in [6.45, 7) is 2.91. The molecule has 1 aromatic carbocycles. The zero-order valence-electron chi connectivity index (χ0n) is 9.68. The van der Waals surface area contributed by atoms with Gasteiger partial charge in [-0.25, -0.2) is 0 Å². The van der Waals surface area contributed by atoms with Crippen LogP contribution in [0.25, 0.3) is 0 Å². The van der Waals surface area contributed by atoms with E-state index in [4.69, 9.17) is 5.73 Å². The summed E-state index contributed by atoms with van der Waals surface area (Å²) in [5.41, 5.74) is 5.57. The molecule has 0 aliphatic carbocycles. The van der Waals surface area contributed by atoms with Crippen molar-refractivity contribution in [1.82, 2.24) is 0 Å². The Hall–Kier alpha value is -0.880. The van der Waals surface area contributed by atoms with Crippen molar-refractivity contribution in [3.63, 3.8) is 0 Å². The second-order valence-electron chi connectivity index (χ2n) is 3.90. The molecule has 0 radical (unpaired) electrons. The molecule has 2 N–H and O–H groups in total. The lowest BCUT2D eigenvalue weighted by atomic mass is 9.92. The van der Waals surface area contributed by atoms with E-state index in [-0.39, 0.29) is 18.0 Å². The predicted molar refractivity (Wildman–Crippen MR) is 61.1 cm³/mol. The minimum Gasteiger partial charge on any atom is -0.319 e. The van der Waals surface area contributed by atoms with Crippen LogP contribution >= 0.6 is 12.4 Å². The highest BCUT2D eigenvalue weighted by Gasteiger charge is 2.62. The molecule has 0 bridgehead atoms. The van der Waals surface area contributed by atoms with E-state index in [2.05, 4.69) is 0 Å². The van der Waals surface area contributed by atoms with Crippen LogP contribution in [-0.2, 0) is 0 Å². The molecule has 0 aromatic heterocycles. The molecule has 0 saturated heterocycles. The predicted octanol–water partition coefficient (Wildman–Crippen LogP) is 3.92. The van der Waals surface area contributed by atoms with E-state index in [0.717, 1.165) is 0 Å². The molecule has 1 atom stereocenters. The maximum atomic E-state index is 13.1. The second-order valence-corrected chi connectivity index (χ2v) is 3.90. The number of rotatable bonds is 2. The molecule has 0 aliphatic heterocycles. The zero-order chi connectivity index (χ0) is 13.4. The normalized spacial score (nSPS) is 14.0. The van der Waals surface area contributed by atoms with Crippen molar-refractivity contribution in [3.05, 3.63) is 34.9 Å². The Morgan fingerprint density at radius 3 is 1.72 bits per heavy atom. The van der Waals surface area contributed by atoms with Crippen molar-refractivity contribution in [3.8, 4) is 0 Å². The molecule has 0 spiro atoms. The Bertz CT molecular complexity index is 396. The van der Waals surface area contributed by atoms with Gasteiger partial charge >= 0.3 is 12.1 Å². The zero-order valence-corrected chi connectivity index (χ0v) is 10.5. The summed E-state index contributed by atoms with van der Waals surface area (Å²) >= 11 is 0. The largest absolute Gasteiger partial charge is 0.455 e. The van der Waals surface area contributed by atoms with E-state index in [1.165, 1.54) is 26.0 Å². The van der Waals surface area contributed by atoms with Crippen molar-refractivity contribution in [2.75, 3.05) is 0 Å². The highest BCUT2D eigenvalue weighted by atomic mass is 35.5. The lowest BCUT2D eigenvalue weighted by Crippen LogP contribution is -2.46. The fourth-order valence-corrected chi connectivity index (χ4v) is 1.68. The first-order chi connectivity index (χ1) is 7.59. The second kappa shape index (κ2) is 5.40. The summed E-state index contributed by atoms with van der Waals surface area (Å²) in [6, 6.07) is 2.10. The average molecular weight is 290 g/mol. The van der Waals surface area contributed by atoms with Crippen LogP contribution in [0.1, 0.15) is 22.7 Å². The number of halogens is 6. The highest BCUT2D eigenvalue weighted by molar-refractivity contribution is 5.85. The number of alkyl halides is 5. The molecule has 18 heavy (non-hydrogen) atoms. The molecule has 0 amide bonds. The van der Waals surface area contributed by atoms with E-state index in [1.54, 1.807) is 6.07 Å². The van der Waals surface area contributed by atoms with E-state index in [1.807, 2.05) is 0 Å². The summed E-state index contributed by atoms with van der Waals surface area (Å²) in [7, 11) is 0. The molecule has 0 aliphatic rings. The summed E-state index contributed by atoms with van der Waals surface area (Å²) < 4.78 is 62.8. The maximum Gasteiger partial charge on any atom is 0.455 e. The Labute approximate surface area is 108 Å². The Balaban J connectivity index is 0.00000289. The van der Waals surface area contributed by atoms with Gasteiger partial charge in [-0.2, -0.15) is 22.0 Å². The fraction of sp³-hybridized carbons (Fsp3) is 0.455. The molecule has 1 nitrogen and oxygen atoms in total. The molecule has 1 aromatic rings. The van der Waals surface area contributed by atoms with Crippen molar-refractivity contribution in [2.45, 2.75) is 32.0 Å². The van der Waals surface area contributed by atoms with Gasteiger partial charge < -0.3 is 5.73 Å². The maximum absolute atomic E-state index is 13.1. The van der Waals surface area contributed by atoms with Crippen LogP contribution in [0.15, 0.2) is 18.2 Å². The lowest BCUT2D eigenvalue weighted by Gasteiger charge is -2.28. The van der Waals surface area contributed by atoms with Crippen molar-refractivity contribution in [2.24, 2.45) is 5.73 Å². The molecule has 1 rings (SSSR count). The molecule has 7 heteroatoms. The number of benzene rings is 1. The topological polar surface area (TPSA) is 26.0 Å². The smallest absolute Gasteiger partial charge is 0.319 e. The van der Waals surface area contributed by atoms with Gasteiger partial charge in [-0.15, -0.1) is 12.4 Å². The lowest BCUT2D eigenvalue weighted by molar-refractivity contribution is -0.291. The van der Waals surface area contributed by atoms with Crippen LogP contribution in [0.2, 0.25) is 0 Å². The summed E-state index contributed by atoms with van der Waals surface area (Å²) in [5.74, 6) is -4.94. The van der Waals surface area contributed by atoms with Crippen molar-refractivity contribution >= 4 is 12.4 Å². The molecule has 0 unspecified atom stereocenters. The average Bonchev–Trinajstić information content (AvgIpc) is 2.15. The molecular weight excluding hydrogens is 277 g/mol. The van der Waals surface area contributed by atoms with E-state index in [9.17, 15) is 22.0 Å². The van der Waals surface area contributed by atoms with Crippen LogP contribution in [0.5, 0.6) is 0 Å². The van der Waals surface area contributed by atoms with E-state index < -0.39 is 18.1 Å². The van der Waals surface area contributed by atoms with Gasteiger partial charge in [0.05, 0.1) is 0 Å². The third-order valence-corrected chi connectivity index (χ3v) is 2.62. The molecular formula is C11H13ClF5N. The van der Waals surface area contributed by atoms with Crippen LogP contribution in [0.4, 0.5) is 22.0 Å². The van der Waals surface area contributed by atoms with Crippen LogP contribution < -0.4 is 5.73 Å². The Kier molecular flexibility index (Phi) is 5.14. The van der Waals surface area contributed by atoms with Crippen LogP contribution in [-0.4, -0.2) is 12.1 Å². The number of aryl methyl sites for hydroxylation is 2. The van der Waals surface area contributed by atoms with Gasteiger partial charge in [0.1, 0.15) is 6.04 Å². The summed E-state index contributed by atoms with van der Waals surface area (Å²) in [5, 5.41) is 0. The molecule has 0 saturated carbocycles. The first-order valence-corrected chi connectivity index (χ1v) is 4.85. The number of hydrogen-bond donors (Lipinski definition) is 1. The minimum atomic E-state index is -5.65. The summed E-state index contributed by atoms with van der Waals surface area (Å²) in [6.07, 6.45) is -5.65. The molecule has 0 fully saturated rings. The van der Waals surface area contributed by atoms with Crippen LogP contribution in [0, 0.1) is 13.8 Å². The van der Waals surface area contributed by atoms with E-state index >= 15 is 0 Å². The Morgan fingerprint density at radius 1 is 1.00 bits per heavy atom. The third kappa shape index (κ3) is 2.92. The molecule has 104 valence electrons. The SMILES string of the molecule is Cc1cccc(C)c1[C@@H](N)C(F)(F)C(F)(F)F.Cl. The highest BCUT2D eigenvalue weighted by Crippen LogP contribution is 2.44. The van der Waals surface area contributed by atoms with Gasteiger partial charge in [0.15, 0.2) is 0 Å².